The molecule has 0 amide bonds. The molecule has 0 saturated carbocycles. The maximum Gasteiger partial charge on any atom is 0.280 e. The minimum absolute atomic E-state index is 0.0235. The highest BCUT2D eigenvalue weighted by atomic mass is 32.2. The summed E-state index contributed by atoms with van der Waals surface area (Å²) in [7, 11) is -3.75. The zero-order valence-electron chi connectivity index (χ0n) is 11.4. The number of aliphatic hydroxyl groups excluding tert-OH is 1. The Morgan fingerprint density at radius 3 is 2.65 bits per heavy atom. The summed E-state index contributed by atoms with van der Waals surface area (Å²) in [6.45, 7) is 4.09. The number of benzene rings is 1. The summed E-state index contributed by atoms with van der Waals surface area (Å²) in [6, 6.07) is 6.70. The van der Waals surface area contributed by atoms with Crippen LogP contribution in [0, 0.1) is 6.92 Å². The first-order chi connectivity index (χ1) is 9.47. The molecule has 2 N–H and O–H groups in total. The van der Waals surface area contributed by atoms with Crippen molar-refractivity contribution in [3.8, 4) is 0 Å². The zero-order chi connectivity index (χ0) is 14.8. The number of nitrogens with one attached hydrogen (secondary N) is 1. The minimum Gasteiger partial charge on any atom is -0.392 e. The molecule has 0 saturated heterocycles. The van der Waals surface area contributed by atoms with Gasteiger partial charge < -0.3 is 9.67 Å². The van der Waals surface area contributed by atoms with Crippen LogP contribution in [0.2, 0.25) is 0 Å². The second-order valence-corrected chi connectivity index (χ2v) is 5.96. The van der Waals surface area contributed by atoms with Crippen LogP contribution in [0.25, 0.3) is 0 Å². The molecule has 0 aliphatic heterocycles. The van der Waals surface area contributed by atoms with Gasteiger partial charge >= 0.3 is 0 Å². The van der Waals surface area contributed by atoms with Crippen LogP contribution in [-0.2, 0) is 23.2 Å². The molecule has 1 aromatic carbocycles. The first-order valence-corrected chi connectivity index (χ1v) is 7.71. The van der Waals surface area contributed by atoms with Crippen molar-refractivity contribution in [3.63, 3.8) is 0 Å². The van der Waals surface area contributed by atoms with Crippen LogP contribution in [0.5, 0.6) is 0 Å². The second kappa shape index (κ2) is 5.64. The van der Waals surface area contributed by atoms with E-state index in [2.05, 4.69) is 9.71 Å². The highest BCUT2D eigenvalue weighted by Crippen LogP contribution is 2.19. The van der Waals surface area contributed by atoms with E-state index >= 15 is 0 Å². The molecule has 1 aromatic heterocycles. The van der Waals surface area contributed by atoms with Crippen LogP contribution in [0.4, 0.5) is 5.69 Å². The van der Waals surface area contributed by atoms with Gasteiger partial charge in [-0.05, 0) is 19.9 Å². The quantitative estimate of drug-likeness (QED) is 0.875. The van der Waals surface area contributed by atoms with E-state index in [4.69, 9.17) is 0 Å². The van der Waals surface area contributed by atoms with Crippen molar-refractivity contribution >= 4 is 15.7 Å². The Morgan fingerprint density at radius 2 is 2.05 bits per heavy atom. The second-order valence-electron chi connectivity index (χ2n) is 4.33. The summed E-state index contributed by atoms with van der Waals surface area (Å²) in [5, 5.41) is 9.19. The average Bonchev–Trinajstić information content (AvgIpc) is 2.81. The molecule has 20 heavy (non-hydrogen) atoms. The largest absolute Gasteiger partial charge is 0.392 e. The Morgan fingerprint density at radius 1 is 1.35 bits per heavy atom. The number of para-hydroxylation sites is 1. The summed E-state index contributed by atoms with van der Waals surface area (Å²) in [4.78, 5) is 4.05. The SMILES string of the molecule is CCn1cc(S(=O)(=O)Nc2ccccc2CO)nc1C. The lowest BCUT2D eigenvalue weighted by Gasteiger charge is -2.09. The smallest absolute Gasteiger partial charge is 0.280 e. The molecule has 0 atom stereocenters. The molecule has 6 nitrogen and oxygen atoms in total. The van der Waals surface area contributed by atoms with E-state index in [9.17, 15) is 13.5 Å². The van der Waals surface area contributed by atoms with Crippen molar-refractivity contribution in [1.82, 2.24) is 9.55 Å². The normalized spacial score (nSPS) is 11.6. The summed E-state index contributed by atoms with van der Waals surface area (Å²) in [6.07, 6.45) is 1.50. The third-order valence-electron chi connectivity index (χ3n) is 3.00. The summed E-state index contributed by atoms with van der Waals surface area (Å²) in [5.41, 5.74) is 0.876. The fourth-order valence-electron chi connectivity index (χ4n) is 1.88. The number of imidazole rings is 1. The van der Waals surface area contributed by atoms with Crippen LogP contribution in [-0.4, -0.2) is 23.1 Å². The highest BCUT2D eigenvalue weighted by molar-refractivity contribution is 7.92. The Balaban J connectivity index is 2.35. The Kier molecular flexibility index (Phi) is 4.10. The molecule has 0 radical (unpaired) electrons. The standard InChI is InChI=1S/C13H17N3O3S/c1-3-16-8-13(14-10(16)2)20(18,19)15-12-7-5-4-6-11(12)9-17/h4-8,15,17H,3,9H2,1-2H3. The molecule has 0 fully saturated rings. The number of hydrogen-bond donors (Lipinski definition) is 2. The van der Waals surface area contributed by atoms with Gasteiger partial charge in [-0.1, -0.05) is 18.2 Å². The van der Waals surface area contributed by atoms with Gasteiger partial charge in [-0.3, -0.25) is 4.72 Å². The molecular formula is C13H17N3O3S. The molecule has 0 aliphatic rings. The van der Waals surface area contributed by atoms with Crippen LogP contribution in [0.3, 0.4) is 0 Å². The molecule has 108 valence electrons. The lowest BCUT2D eigenvalue weighted by Crippen LogP contribution is -2.14. The Hall–Kier alpha value is -1.86. The lowest BCUT2D eigenvalue weighted by molar-refractivity contribution is 0.282. The Bertz CT molecular complexity index is 707. The molecule has 2 rings (SSSR count). The number of aromatic nitrogens is 2. The van der Waals surface area contributed by atoms with Crippen molar-refractivity contribution < 1.29 is 13.5 Å². The fraction of sp³-hybridized carbons (Fsp3) is 0.308. The maximum atomic E-state index is 12.3. The van der Waals surface area contributed by atoms with Gasteiger partial charge in [0.2, 0.25) is 0 Å². The number of aryl methyl sites for hydroxylation is 2. The molecule has 0 bridgehead atoms. The summed E-state index contributed by atoms with van der Waals surface area (Å²) >= 11 is 0. The zero-order valence-corrected chi connectivity index (χ0v) is 12.2. The van der Waals surface area contributed by atoms with Crippen LogP contribution >= 0.6 is 0 Å². The van der Waals surface area contributed by atoms with E-state index in [1.54, 1.807) is 35.8 Å². The van der Waals surface area contributed by atoms with E-state index in [0.717, 1.165) is 0 Å². The van der Waals surface area contributed by atoms with Crippen LogP contribution < -0.4 is 4.72 Å². The predicted octanol–water partition coefficient (Wildman–Crippen LogP) is 1.50. The van der Waals surface area contributed by atoms with E-state index in [1.807, 2.05) is 6.92 Å². The maximum absolute atomic E-state index is 12.3. The number of anilines is 1. The van der Waals surface area contributed by atoms with E-state index in [0.29, 0.717) is 23.6 Å². The number of rotatable bonds is 5. The van der Waals surface area contributed by atoms with Crippen molar-refractivity contribution in [2.75, 3.05) is 4.72 Å². The molecule has 1 heterocycles. The first kappa shape index (κ1) is 14.5. The van der Waals surface area contributed by atoms with Gasteiger partial charge in [-0.2, -0.15) is 8.42 Å². The van der Waals surface area contributed by atoms with Crippen LogP contribution in [0.15, 0.2) is 35.5 Å². The summed E-state index contributed by atoms with van der Waals surface area (Å²) < 4.78 is 28.8. The van der Waals surface area contributed by atoms with E-state index < -0.39 is 10.0 Å². The molecule has 0 spiro atoms. The van der Waals surface area contributed by atoms with Gasteiger partial charge in [0.25, 0.3) is 10.0 Å². The number of nitrogens with zero attached hydrogens (tertiary/aromatic N) is 2. The Labute approximate surface area is 118 Å². The fourth-order valence-corrected chi connectivity index (χ4v) is 3.00. The van der Waals surface area contributed by atoms with Gasteiger partial charge in [0.05, 0.1) is 12.3 Å². The van der Waals surface area contributed by atoms with Crippen molar-refractivity contribution in [2.24, 2.45) is 0 Å². The molecule has 7 heteroatoms. The van der Waals surface area contributed by atoms with Gasteiger partial charge in [0.15, 0.2) is 5.03 Å². The molecule has 0 aliphatic carbocycles. The predicted molar refractivity (Wildman–Crippen MR) is 75.8 cm³/mol. The van der Waals surface area contributed by atoms with Crippen molar-refractivity contribution in [3.05, 3.63) is 41.9 Å². The third-order valence-corrected chi connectivity index (χ3v) is 4.24. The van der Waals surface area contributed by atoms with Crippen LogP contribution in [0.1, 0.15) is 18.3 Å². The number of aliphatic hydroxyl groups is 1. The van der Waals surface area contributed by atoms with E-state index in [-0.39, 0.29) is 11.6 Å². The first-order valence-electron chi connectivity index (χ1n) is 6.23. The van der Waals surface area contributed by atoms with Gasteiger partial charge in [0.1, 0.15) is 5.82 Å². The van der Waals surface area contributed by atoms with Crippen molar-refractivity contribution in [1.29, 1.82) is 0 Å². The minimum atomic E-state index is -3.75. The summed E-state index contributed by atoms with van der Waals surface area (Å²) in [5.74, 6) is 0.642. The van der Waals surface area contributed by atoms with Gasteiger partial charge in [-0.15, -0.1) is 0 Å². The molecular weight excluding hydrogens is 278 g/mol. The highest BCUT2D eigenvalue weighted by Gasteiger charge is 2.20. The number of sulfonamides is 1. The molecule has 0 unspecified atom stereocenters. The van der Waals surface area contributed by atoms with Crippen molar-refractivity contribution in [2.45, 2.75) is 32.0 Å². The molecule has 2 aromatic rings. The third kappa shape index (κ3) is 2.83. The lowest BCUT2D eigenvalue weighted by atomic mass is 10.2. The monoisotopic (exact) mass is 295 g/mol. The van der Waals surface area contributed by atoms with Gasteiger partial charge in [0, 0.05) is 18.3 Å². The van der Waals surface area contributed by atoms with E-state index in [1.165, 1.54) is 6.20 Å². The number of hydrogen-bond acceptors (Lipinski definition) is 4. The average molecular weight is 295 g/mol. The van der Waals surface area contributed by atoms with Gasteiger partial charge in [-0.25, -0.2) is 4.98 Å². The topological polar surface area (TPSA) is 84.2 Å².